The first-order valence-electron chi connectivity index (χ1n) is 9.05. The number of benzene rings is 2. The molecule has 2 aromatic carbocycles. The highest BCUT2D eigenvalue weighted by Crippen LogP contribution is 2.43. The van der Waals surface area contributed by atoms with Crippen molar-refractivity contribution in [1.82, 2.24) is 0 Å². The predicted octanol–water partition coefficient (Wildman–Crippen LogP) is 4.91. The van der Waals surface area contributed by atoms with E-state index in [1.807, 2.05) is 59.9 Å². The zero-order valence-corrected chi connectivity index (χ0v) is 16.9. The van der Waals surface area contributed by atoms with Gasteiger partial charge in [-0.1, -0.05) is 31.2 Å². The Morgan fingerprint density at radius 3 is 2.56 bits per heavy atom. The Kier molecular flexibility index (Phi) is 7.24. The molecule has 0 unspecified atom stereocenters. The number of ether oxygens (including phenoxy) is 1. The lowest BCUT2D eigenvalue weighted by Gasteiger charge is -2.21. The summed E-state index contributed by atoms with van der Waals surface area (Å²) in [5, 5.41) is 2.75. The molecule has 1 N–H and O–H groups in total. The van der Waals surface area contributed by atoms with Crippen LogP contribution in [0.5, 0.6) is 0 Å². The number of esters is 1. The maximum absolute atomic E-state index is 12.2. The van der Waals surface area contributed by atoms with Gasteiger partial charge in [0, 0.05) is 5.69 Å². The highest BCUT2D eigenvalue weighted by atomic mass is 32.2. The molecule has 1 aliphatic heterocycles. The maximum atomic E-state index is 12.2. The van der Waals surface area contributed by atoms with Gasteiger partial charge in [-0.2, -0.15) is 0 Å². The molecule has 27 heavy (non-hydrogen) atoms. The summed E-state index contributed by atoms with van der Waals surface area (Å²) in [4.78, 5) is 24.2. The van der Waals surface area contributed by atoms with Gasteiger partial charge in [-0.15, -0.1) is 23.5 Å². The van der Waals surface area contributed by atoms with Crippen LogP contribution in [-0.2, 0) is 16.0 Å². The van der Waals surface area contributed by atoms with Crippen molar-refractivity contribution in [2.75, 3.05) is 23.4 Å². The minimum Gasteiger partial charge on any atom is -0.452 e. The van der Waals surface area contributed by atoms with Crippen molar-refractivity contribution >= 4 is 41.1 Å². The van der Waals surface area contributed by atoms with Gasteiger partial charge in [-0.3, -0.25) is 4.79 Å². The third kappa shape index (κ3) is 5.78. The number of carbonyl (C=O) groups excluding carboxylic acids is 2. The lowest BCUT2D eigenvalue weighted by atomic mass is 10.1. The number of nitrogens with one attached hydrogen (secondary N) is 1. The molecule has 6 heteroatoms. The second-order valence-electron chi connectivity index (χ2n) is 6.23. The van der Waals surface area contributed by atoms with E-state index in [-0.39, 0.29) is 12.5 Å². The van der Waals surface area contributed by atoms with E-state index in [9.17, 15) is 9.59 Å². The zero-order valence-electron chi connectivity index (χ0n) is 15.3. The summed E-state index contributed by atoms with van der Waals surface area (Å²) < 4.78 is 5.58. The molecule has 2 aromatic rings. The quantitative estimate of drug-likeness (QED) is 0.697. The smallest absolute Gasteiger partial charge is 0.338 e. The fourth-order valence-corrected chi connectivity index (χ4v) is 5.63. The Balaban J connectivity index is 1.50. The Hall–Kier alpha value is -1.92. The first-order valence-corrected chi connectivity index (χ1v) is 11.1. The van der Waals surface area contributed by atoms with Crippen molar-refractivity contribution in [2.45, 2.75) is 24.3 Å². The van der Waals surface area contributed by atoms with E-state index in [1.165, 1.54) is 23.5 Å². The Morgan fingerprint density at radius 2 is 1.85 bits per heavy atom. The fraction of sp³-hybridized carbons (Fsp3) is 0.333. The number of hydrogen-bond acceptors (Lipinski definition) is 5. The Bertz CT molecular complexity index is 786. The van der Waals surface area contributed by atoms with E-state index in [4.69, 9.17) is 4.74 Å². The van der Waals surface area contributed by atoms with Gasteiger partial charge in [-0.05, 0) is 59.7 Å². The van der Waals surface area contributed by atoms with E-state index < -0.39 is 5.97 Å². The van der Waals surface area contributed by atoms with Crippen molar-refractivity contribution in [3.63, 3.8) is 0 Å². The first-order chi connectivity index (χ1) is 13.2. The van der Waals surface area contributed by atoms with Crippen LogP contribution in [0.4, 0.5) is 5.69 Å². The normalized spacial score (nSPS) is 14.6. The van der Waals surface area contributed by atoms with Crippen LogP contribution in [0, 0.1) is 0 Å². The highest BCUT2D eigenvalue weighted by Gasteiger charge is 2.17. The monoisotopic (exact) mass is 401 g/mol. The number of carbonyl (C=O) groups is 2. The molecule has 0 radical (unpaired) electrons. The number of aryl methyl sites for hydroxylation is 1. The van der Waals surface area contributed by atoms with Crippen LogP contribution >= 0.6 is 23.5 Å². The summed E-state index contributed by atoms with van der Waals surface area (Å²) in [6.07, 6.45) is 2.15. The van der Waals surface area contributed by atoms with Crippen LogP contribution in [0.15, 0.2) is 48.5 Å². The lowest BCUT2D eigenvalue weighted by Crippen LogP contribution is -2.21. The number of thioether (sulfide) groups is 2. The van der Waals surface area contributed by atoms with Gasteiger partial charge in [0.2, 0.25) is 0 Å². The molecule has 0 saturated carbocycles. The number of hydrogen-bond donors (Lipinski definition) is 1. The molecule has 1 fully saturated rings. The molecule has 142 valence electrons. The van der Waals surface area contributed by atoms with Crippen molar-refractivity contribution in [3.05, 3.63) is 65.2 Å². The summed E-state index contributed by atoms with van der Waals surface area (Å²) in [5.41, 5.74) is 3.53. The molecular weight excluding hydrogens is 378 g/mol. The number of amides is 1. The average Bonchev–Trinajstić information content (AvgIpc) is 2.73. The largest absolute Gasteiger partial charge is 0.452 e. The van der Waals surface area contributed by atoms with Gasteiger partial charge in [0.15, 0.2) is 6.61 Å². The SMILES string of the molecule is CCc1cccc(NC(=O)COC(=O)c2ccc(C3SCCCS3)cc2)c1. The topological polar surface area (TPSA) is 55.4 Å². The minimum absolute atomic E-state index is 0.300. The third-order valence-electron chi connectivity index (χ3n) is 4.20. The second-order valence-corrected chi connectivity index (χ2v) is 8.95. The van der Waals surface area contributed by atoms with Gasteiger partial charge < -0.3 is 10.1 Å². The van der Waals surface area contributed by atoms with Crippen LogP contribution in [0.2, 0.25) is 0 Å². The molecule has 4 nitrogen and oxygen atoms in total. The van der Waals surface area contributed by atoms with Gasteiger partial charge in [0.25, 0.3) is 5.91 Å². The lowest BCUT2D eigenvalue weighted by molar-refractivity contribution is -0.119. The summed E-state index contributed by atoms with van der Waals surface area (Å²) >= 11 is 3.88. The fourth-order valence-electron chi connectivity index (χ4n) is 2.74. The van der Waals surface area contributed by atoms with Crippen LogP contribution < -0.4 is 5.32 Å². The van der Waals surface area contributed by atoms with Crippen LogP contribution in [0.1, 0.15) is 39.4 Å². The highest BCUT2D eigenvalue weighted by molar-refractivity contribution is 8.16. The standard InChI is InChI=1S/C21H23NO3S2/c1-2-15-5-3-6-18(13-15)22-19(23)14-25-20(24)16-7-9-17(10-8-16)21-26-11-4-12-27-21/h3,5-10,13,21H,2,4,11-12,14H2,1H3,(H,22,23). The number of rotatable bonds is 6. The maximum Gasteiger partial charge on any atom is 0.338 e. The second kappa shape index (κ2) is 9.85. The van der Waals surface area contributed by atoms with Gasteiger partial charge >= 0.3 is 5.97 Å². The van der Waals surface area contributed by atoms with Crippen molar-refractivity contribution < 1.29 is 14.3 Å². The van der Waals surface area contributed by atoms with Crippen molar-refractivity contribution in [1.29, 1.82) is 0 Å². The molecule has 0 aromatic heterocycles. The molecule has 1 saturated heterocycles. The Labute approximate surface area is 168 Å². The van der Waals surface area contributed by atoms with Gasteiger partial charge in [0.05, 0.1) is 10.1 Å². The van der Waals surface area contributed by atoms with Crippen LogP contribution in [0.3, 0.4) is 0 Å². The van der Waals surface area contributed by atoms with Crippen molar-refractivity contribution in [2.24, 2.45) is 0 Å². The Morgan fingerprint density at radius 1 is 1.11 bits per heavy atom. The minimum atomic E-state index is -0.483. The van der Waals surface area contributed by atoms with Crippen molar-refractivity contribution in [3.8, 4) is 0 Å². The summed E-state index contributed by atoms with van der Waals surface area (Å²) in [6.45, 7) is 1.75. The first kappa shape index (κ1) is 19.8. The van der Waals surface area contributed by atoms with E-state index in [0.29, 0.717) is 15.8 Å². The van der Waals surface area contributed by atoms with E-state index >= 15 is 0 Å². The molecule has 3 rings (SSSR count). The molecule has 1 aliphatic rings. The molecule has 1 amide bonds. The third-order valence-corrected chi connectivity index (χ3v) is 7.21. The van der Waals surface area contributed by atoms with E-state index in [0.717, 1.165) is 12.0 Å². The molecule has 0 aliphatic carbocycles. The van der Waals surface area contributed by atoms with E-state index in [2.05, 4.69) is 12.2 Å². The molecule has 0 spiro atoms. The van der Waals surface area contributed by atoms with Gasteiger partial charge in [-0.25, -0.2) is 4.79 Å². The molecule has 0 atom stereocenters. The zero-order chi connectivity index (χ0) is 19.1. The van der Waals surface area contributed by atoms with E-state index in [1.54, 1.807) is 12.1 Å². The summed E-state index contributed by atoms with van der Waals surface area (Å²) in [7, 11) is 0. The van der Waals surface area contributed by atoms with Crippen LogP contribution in [-0.4, -0.2) is 30.0 Å². The predicted molar refractivity (Wildman–Crippen MR) is 113 cm³/mol. The molecule has 1 heterocycles. The molecule has 0 bridgehead atoms. The number of anilines is 1. The summed E-state index contributed by atoms with van der Waals surface area (Å²) in [5.74, 6) is 1.53. The van der Waals surface area contributed by atoms with Crippen LogP contribution in [0.25, 0.3) is 0 Å². The summed E-state index contributed by atoms with van der Waals surface area (Å²) in [6, 6.07) is 15.1. The molecular formula is C21H23NO3S2. The van der Waals surface area contributed by atoms with Gasteiger partial charge in [0.1, 0.15) is 0 Å². The average molecular weight is 402 g/mol.